The average molecular weight is 248 g/mol. The number of aliphatic imine (C=N–C) groups is 1. The van der Waals surface area contributed by atoms with Gasteiger partial charge in [0.1, 0.15) is 0 Å². The quantitative estimate of drug-likeness (QED) is 0.776. The Labute approximate surface area is 110 Å². The largest absolute Gasteiger partial charge is 0.398 e. The molecule has 0 aromatic carbocycles. The highest BCUT2D eigenvalue weighted by Gasteiger charge is 2.41. The van der Waals surface area contributed by atoms with Gasteiger partial charge in [-0.25, -0.2) is 4.99 Å². The molecule has 0 amide bonds. The predicted octanol–water partition coefficient (Wildman–Crippen LogP) is 1.91. The average Bonchev–Trinajstić information content (AvgIpc) is 2.88. The molecule has 1 fully saturated rings. The van der Waals surface area contributed by atoms with Gasteiger partial charge in [-0.2, -0.15) is 0 Å². The zero-order valence-electron chi connectivity index (χ0n) is 11.6. The van der Waals surface area contributed by atoms with Gasteiger partial charge in [0.25, 0.3) is 0 Å². The molecule has 2 N–H and O–H groups in total. The zero-order chi connectivity index (χ0) is 13.3. The molecule has 1 spiro atoms. The lowest BCUT2D eigenvalue weighted by Gasteiger charge is -2.29. The zero-order valence-corrected chi connectivity index (χ0v) is 11.6. The highest BCUT2D eigenvalue weighted by atomic mass is 15.4. The third-order valence-electron chi connectivity index (χ3n) is 4.00. The minimum atomic E-state index is 0.147. The van der Waals surface area contributed by atoms with Crippen molar-refractivity contribution in [1.29, 1.82) is 0 Å². The number of nitrogens with zero attached hydrogens (tertiary/aromatic N) is 3. The van der Waals surface area contributed by atoms with E-state index in [-0.39, 0.29) is 5.54 Å². The molecule has 0 aromatic heterocycles. The summed E-state index contributed by atoms with van der Waals surface area (Å²) < 4.78 is 0. The first-order valence-electron chi connectivity index (χ1n) is 6.71. The molecule has 0 radical (unpaired) electrons. The van der Waals surface area contributed by atoms with E-state index in [1.165, 1.54) is 25.7 Å². The molecule has 1 aliphatic carbocycles. The second kappa shape index (κ2) is 4.67. The maximum atomic E-state index is 5.76. The fourth-order valence-electron chi connectivity index (χ4n) is 3.04. The summed E-state index contributed by atoms with van der Waals surface area (Å²) in [6, 6.07) is 0. The van der Waals surface area contributed by atoms with Crippen molar-refractivity contribution in [2.24, 2.45) is 10.7 Å². The molecule has 100 valence electrons. The number of hydrogen-bond acceptors (Lipinski definition) is 4. The molecule has 4 heteroatoms. The highest BCUT2D eigenvalue weighted by molar-refractivity contribution is 5.84. The number of nitrogens with two attached hydrogens (primary N) is 1. The summed E-state index contributed by atoms with van der Waals surface area (Å²) in [7, 11) is 2.10. The van der Waals surface area contributed by atoms with Crippen molar-refractivity contribution in [2.75, 3.05) is 20.1 Å². The van der Waals surface area contributed by atoms with Crippen molar-refractivity contribution in [2.45, 2.75) is 38.1 Å². The van der Waals surface area contributed by atoms with Crippen molar-refractivity contribution in [3.8, 4) is 0 Å². The smallest absolute Gasteiger partial charge is 0.201 e. The van der Waals surface area contributed by atoms with Crippen molar-refractivity contribution >= 4 is 5.96 Å². The maximum Gasteiger partial charge on any atom is 0.201 e. The van der Waals surface area contributed by atoms with E-state index in [1.807, 2.05) is 0 Å². The van der Waals surface area contributed by atoms with Crippen LogP contribution in [-0.4, -0.2) is 41.4 Å². The van der Waals surface area contributed by atoms with Crippen LogP contribution in [0, 0.1) is 0 Å². The summed E-state index contributed by atoms with van der Waals surface area (Å²) in [5.41, 5.74) is 7.18. The van der Waals surface area contributed by atoms with Crippen LogP contribution in [0.2, 0.25) is 0 Å². The number of guanidine groups is 1. The predicted molar refractivity (Wildman–Crippen MR) is 76.1 cm³/mol. The third kappa shape index (κ3) is 2.11. The second-order valence-corrected chi connectivity index (χ2v) is 5.42. The molecule has 1 saturated carbocycles. The fourth-order valence-corrected chi connectivity index (χ4v) is 3.04. The van der Waals surface area contributed by atoms with E-state index in [2.05, 4.69) is 36.9 Å². The van der Waals surface area contributed by atoms with E-state index in [9.17, 15) is 0 Å². The van der Waals surface area contributed by atoms with E-state index < -0.39 is 0 Å². The van der Waals surface area contributed by atoms with Crippen molar-refractivity contribution in [1.82, 2.24) is 9.80 Å². The molecule has 0 bridgehead atoms. The van der Waals surface area contributed by atoms with Gasteiger partial charge in [0.05, 0.1) is 11.2 Å². The minimum absolute atomic E-state index is 0.147. The van der Waals surface area contributed by atoms with Gasteiger partial charge >= 0.3 is 0 Å². The van der Waals surface area contributed by atoms with Crippen LogP contribution in [0.4, 0.5) is 0 Å². The first kappa shape index (κ1) is 13.0. The third-order valence-corrected chi connectivity index (χ3v) is 4.00. The molecule has 4 nitrogen and oxygen atoms in total. The Morgan fingerprint density at radius 1 is 1.44 bits per heavy atom. The first-order chi connectivity index (χ1) is 8.49. The molecule has 2 rings (SSSR count). The van der Waals surface area contributed by atoms with Crippen LogP contribution < -0.4 is 5.73 Å². The Balaban J connectivity index is 2.25. The Morgan fingerprint density at radius 2 is 2.06 bits per heavy atom. The first-order valence-corrected chi connectivity index (χ1v) is 6.71. The maximum absolute atomic E-state index is 5.76. The van der Waals surface area contributed by atoms with Gasteiger partial charge in [0.2, 0.25) is 5.96 Å². The number of hydrogen-bond donors (Lipinski definition) is 1. The van der Waals surface area contributed by atoms with E-state index in [4.69, 9.17) is 10.7 Å². The molecule has 2 aliphatic rings. The summed E-state index contributed by atoms with van der Waals surface area (Å²) in [5.74, 6) is 0.996. The van der Waals surface area contributed by atoms with E-state index in [0.29, 0.717) is 5.70 Å². The van der Waals surface area contributed by atoms with Gasteiger partial charge in [-0.15, -0.1) is 0 Å². The van der Waals surface area contributed by atoms with Gasteiger partial charge in [-0.3, -0.25) is 0 Å². The molecule has 0 aromatic rings. The molecule has 0 saturated heterocycles. The van der Waals surface area contributed by atoms with Crippen LogP contribution in [0.5, 0.6) is 0 Å². The summed E-state index contributed by atoms with van der Waals surface area (Å²) in [6.45, 7) is 11.7. The molecule has 0 atom stereocenters. The Bertz CT molecular complexity index is 391. The van der Waals surface area contributed by atoms with Gasteiger partial charge in [-0.05, 0) is 19.8 Å². The summed E-state index contributed by atoms with van der Waals surface area (Å²) >= 11 is 0. The standard InChI is InChI=1S/C14H24N4/c1-5-18(12(3)11(2)15)13-16-14(10-17(13)4)8-6-7-9-14/h2-3,5-10,15H2,1,4H3. The summed E-state index contributed by atoms with van der Waals surface area (Å²) in [4.78, 5) is 9.28. The highest BCUT2D eigenvalue weighted by Crippen LogP contribution is 2.38. The topological polar surface area (TPSA) is 44.9 Å². The second-order valence-electron chi connectivity index (χ2n) is 5.42. The Hall–Kier alpha value is -1.45. The van der Waals surface area contributed by atoms with Crippen molar-refractivity contribution in [3.63, 3.8) is 0 Å². The van der Waals surface area contributed by atoms with Crippen LogP contribution in [0.3, 0.4) is 0 Å². The van der Waals surface area contributed by atoms with Crippen LogP contribution in [-0.2, 0) is 0 Å². The van der Waals surface area contributed by atoms with Crippen LogP contribution in [0.1, 0.15) is 32.6 Å². The lowest BCUT2D eigenvalue weighted by atomic mass is 10.00. The normalized spacial score (nSPS) is 21.2. The Kier molecular flexibility index (Phi) is 3.37. The molecular formula is C14H24N4. The lowest BCUT2D eigenvalue weighted by Crippen LogP contribution is -2.40. The minimum Gasteiger partial charge on any atom is -0.398 e. The Morgan fingerprint density at radius 3 is 2.56 bits per heavy atom. The fraction of sp³-hybridized carbons (Fsp3) is 0.643. The van der Waals surface area contributed by atoms with Crippen molar-refractivity contribution < 1.29 is 0 Å². The monoisotopic (exact) mass is 248 g/mol. The molecule has 1 aliphatic heterocycles. The van der Waals surface area contributed by atoms with Gasteiger partial charge in [0.15, 0.2) is 0 Å². The number of likely N-dealkylation sites (N-methyl/N-ethyl adjacent to an activating group) is 2. The molecule has 18 heavy (non-hydrogen) atoms. The van der Waals surface area contributed by atoms with Gasteiger partial charge in [-0.1, -0.05) is 26.0 Å². The van der Waals surface area contributed by atoms with E-state index >= 15 is 0 Å². The molecular weight excluding hydrogens is 224 g/mol. The van der Waals surface area contributed by atoms with Crippen molar-refractivity contribution in [3.05, 3.63) is 24.6 Å². The van der Waals surface area contributed by atoms with Crippen LogP contribution >= 0.6 is 0 Å². The molecule has 0 unspecified atom stereocenters. The van der Waals surface area contributed by atoms with E-state index in [1.54, 1.807) is 0 Å². The van der Waals surface area contributed by atoms with Gasteiger partial charge in [0, 0.05) is 25.8 Å². The van der Waals surface area contributed by atoms with Gasteiger partial charge < -0.3 is 15.5 Å². The summed E-state index contributed by atoms with van der Waals surface area (Å²) in [5, 5.41) is 0. The lowest BCUT2D eigenvalue weighted by molar-refractivity contribution is 0.365. The van der Waals surface area contributed by atoms with E-state index in [0.717, 1.165) is 24.7 Å². The number of rotatable bonds is 3. The summed E-state index contributed by atoms with van der Waals surface area (Å²) in [6.07, 6.45) is 4.99. The SMILES string of the molecule is C=C(N)C(=C)N(CC)C1=NC2(CCCC2)CN1C. The van der Waals surface area contributed by atoms with Crippen LogP contribution in [0.15, 0.2) is 29.5 Å². The molecule has 1 heterocycles. The van der Waals surface area contributed by atoms with Crippen LogP contribution in [0.25, 0.3) is 0 Å².